The predicted octanol–water partition coefficient (Wildman–Crippen LogP) is 3.81. The van der Waals surface area contributed by atoms with Crippen LogP contribution in [-0.4, -0.2) is 25.5 Å². The molecule has 142 valence electrons. The van der Waals surface area contributed by atoms with Crippen molar-refractivity contribution in [2.75, 3.05) is 5.32 Å². The molecule has 0 aliphatic heterocycles. The summed E-state index contributed by atoms with van der Waals surface area (Å²) in [5.41, 5.74) is 0.868. The highest BCUT2D eigenvalue weighted by atomic mass is 35.5. The van der Waals surface area contributed by atoms with Gasteiger partial charge in [0.25, 0.3) is 6.43 Å². The highest BCUT2D eigenvalue weighted by Gasteiger charge is 2.21. The lowest BCUT2D eigenvalue weighted by atomic mass is 10.2. The van der Waals surface area contributed by atoms with Crippen molar-refractivity contribution in [3.8, 4) is 0 Å². The third-order valence-corrected chi connectivity index (χ3v) is 4.28. The Morgan fingerprint density at radius 2 is 2.15 bits per heavy atom. The van der Waals surface area contributed by atoms with E-state index in [1.54, 1.807) is 18.3 Å². The van der Waals surface area contributed by atoms with Gasteiger partial charge in [-0.25, -0.2) is 13.2 Å². The first kappa shape index (κ1) is 19.0. The smallest absolute Gasteiger partial charge is 0.283 e. The number of nitrogens with zero attached hydrogens (tertiary/aromatic N) is 4. The number of rotatable bonds is 6. The summed E-state index contributed by atoms with van der Waals surface area (Å²) in [5.74, 6) is -0.812. The number of nitrogens with one attached hydrogen (secondary N) is 1. The fraction of sp³-hybridized carbons (Fsp3) is 0.235. The van der Waals surface area contributed by atoms with Crippen LogP contribution < -0.4 is 5.32 Å². The summed E-state index contributed by atoms with van der Waals surface area (Å²) in [5, 5.41) is 10.2. The molecule has 0 saturated heterocycles. The number of halogens is 4. The van der Waals surface area contributed by atoms with E-state index in [1.165, 1.54) is 29.9 Å². The molecule has 27 heavy (non-hydrogen) atoms. The molecule has 2 aromatic heterocycles. The zero-order valence-corrected chi connectivity index (χ0v) is 14.9. The van der Waals surface area contributed by atoms with Crippen LogP contribution in [0, 0.1) is 12.7 Å². The van der Waals surface area contributed by atoms with Gasteiger partial charge < -0.3 is 5.32 Å². The van der Waals surface area contributed by atoms with Gasteiger partial charge in [0.15, 0.2) is 0 Å². The van der Waals surface area contributed by atoms with Gasteiger partial charge in [0.05, 0.1) is 29.1 Å². The van der Waals surface area contributed by atoms with E-state index in [0.717, 1.165) is 10.2 Å². The van der Waals surface area contributed by atoms with Gasteiger partial charge in [0.2, 0.25) is 5.91 Å². The summed E-state index contributed by atoms with van der Waals surface area (Å²) < 4.78 is 41.5. The van der Waals surface area contributed by atoms with Crippen LogP contribution in [0.2, 0.25) is 5.02 Å². The summed E-state index contributed by atoms with van der Waals surface area (Å²) in [6.07, 6.45) is 0.197. The standard InChI is InChI=1S/C17H15ClF3N5O/c1-10-15(18)16(17(20)21)24-26(10)9-14(27)23-13-6-22-25(8-13)7-11-3-2-4-12(19)5-11/h2-6,8,17H,7,9H2,1H3,(H,23,27). The molecule has 0 radical (unpaired) electrons. The fourth-order valence-electron chi connectivity index (χ4n) is 2.51. The predicted molar refractivity (Wildman–Crippen MR) is 93.3 cm³/mol. The van der Waals surface area contributed by atoms with Crippen LogP contribution in [-0.2, 0) is 17.9 Å². The molecule has 2 heterocycles. The quantitative estimate of drug-likeness (QED) is 0.688. The average Bonchev–Trinajstić information content (AvgIpc) is 3.14. The van der Waals surface area contributed by atoms with Crippen molar-refractivity contribution in [3.05, 3.63) is 64.5 Å². The van der Waals surface area contributed by atoms with Crippen molar-refractivity contribution < 1.29 is 18.0 Å². The summed E-state index contributed by atoms with van der Waals surface area (Å²) >= 11 is 5.81. The second-order valence-electron chi connectivity index (χ2n) is 5.85. The molecule has 1 aromatic carbocycles. The molecule has 10 heteroatoms. The van der Waals surface area contributed by atoms with Crippen LogP contribution in [0.3, 0.4) is 0 Å². The Hall–Kier alpha value is -2.81. The number of aromatic nitrogens is 4. The van der Waals surface area contributed by atoms with E-state index in [-0.39, 0.29) is 23.1 Å². The van der Waals surface area contributed by atoms with E-state index >= 15 is 0 Å². The largest absolute Gasteiger partial charge is 0.322 e. The first-order valence-corrected chi connectivity index (χ1v) is 8.29. The fourth-order valence-corrected chi connectivity index (χ4v) is 2.73. The lowest BCUT2D eigenvalue weighted by molar-refractivity contribution is -0.117. The molecule has 0 saturated carbocycles. The van der Waals surface area contributed by atoms with E-state index in [0.29, 0.717) is 12.2 Å². The topological polar surface area (TPSA) is 64.7 Å². The van der Waals surface area contributed by atoms with Crippen LogP contribution in [0.1, 0.15) is 23.4 Å². The molecule has 0 spiro atoms. The van der Waals surface area contributed by atoms with E-state index in [2.05, 4.69) is 15.5 Å². The lowest BCUT2D eigenvalue weighted by Crippen LogP contribution is -2.20. The van der Waals surface area contributed by atoms with Crippen molar-refractivity contribution in [1.29, 1.82) is 0 Å². The SMILES string of the molecule is Cc1c(Cl)c(C(F)F)nn1CC(=O)Nc1cnn(Cc2cccc(F)c2)c1. The molecular weight excluding hydrogens is 383 g/mol. The zero-order chi connectivity index (χ0) is 19.6. The molecule has 3 rings (SSSR count). The van der Waals surface area contributed by atoms with Crippen LogP contribution in [0.4, 0.5) is 18.9 Å². The Morgan fingerprint density at radius 3 is 2.81 bits per heavy atom. The Morgan fingerprint density at radius 1 is 1.37 bits per heavy atom. The zero-order valence-electron chi connectivity index (χ0n) is 14.2. The number of alkyl halides is 2. The van der Waals surface area contributed by atoms with Crippen molar-refractivity contribution >= 4 is 23.2 Å². The summed E-state index contributed by atoms with van der Waals surface area (Å²) in [7, 11) is 0. The molecule has 0 unspecified atom stereocenters. The maximum Gasteiger partial charge on any atom is 0.283 e. The number of hydrogen-bond donors (Lipinski definition) is 1. The van der Waals surface area contributed by atoms with Crippen LogP contribution >= 0.6 is 11.6 Å². The third kappa shape index (κ3) is 4.48. The van der Waals surface area contributed by atoms with Crippen LogP contribution in [0.5, 0.6) is 0 Å². The van der Waals surface area contributed by atoms with E-state index in [9.17, 15) is 18.0 Å². The Balaban J connectivity index is 1.64. The number of anilines is 1. The first-order chi connectivity index (χ1) is 12.8. The number of carbonyl (C=O) groups excluding carboxylic acids is 1. The number of amides is 1. The highest BCUT2D eigenvalue weighted by Crippen LogP contribution is 2.28. The molecule has 0 bridgehead atoms. The van der Waals surface area contributed by atoms with Crippen molar-refractivity contribution in [2.45, 2.75) is 26.4 Å². The Bertz CT molecular complexity index is 969. The minimum absolute atomic E-state index is 0.152. The summed E-state index contributed by atoms with van der Waals surface area (Å²) in [6.45, 7) is 1.57. The molecule has 0 fully saturated rings. The van der Waals surface area contributed by atoms with Gasteiger partial charge >= 0.3 is 0 Å². The van der Waals surface area contributed by atoms with E-state index < -0.39 is 18.0 Å². The molecule has 1 N–H and O–H groups in total. The van der Waals surface area contributed by atoms with Crippen molar-refractivity contribution in [2.24, 2.45) is 0 Å². The minimum Gasteiger partial charge on any atom is -0.322 e. The normalized spacial score (nSPS) is 11.2. The molecule has 1 amide bonds. The average molecular weight is 398 g/mol. The van der Waals surface area contributed by atoms with Gasteiger partial charge in [0, 0.05) is 6.20 Å². The molecular formula is C17H15ClF3N5O. The van der Waals surface area contributed by atoms with E-state index in [4.69, 9.17) is 11.6 Å². The number of hydrogen-bond acceptors (Lipinski definition) is 3. The second-order valence-corrected chi connectivity index (χ2v) is 6.23. The van der Waals surface area contributed by atoms with Crippen LogP contribution in [0.15, 0.2) is 36.7 Å². The number of carbonyl (C=O) groups is 1. The van der Waals surface area contributed by atoms with Gasteiger partial charge in [-0.1, -0.05) is 23.7 Å². The molecule has 0 aliphatic carbocycles. The molecule has 0 atom stereocenters. The number of benzene rings is 1. The van der Waals surface area contributed by atoms with E-state index in [1.807, 2.05) is 0 Å². The van der Waals surface area contributed by atoms with Crippen LogP contribution in [0.25, 0.3) is 0 Å². The monoisotopic (exact) mass is 397 g/mol. The highest BCUT2D eigenvalue weighted by molar-refractivity contribution is 6.31. The summed E-state index contributed by atoms with van der Waals surface area (Å²) in [6, 6.07) is 6.10. The van der Waals surface area contributed by atoms with Gasteiger partial charge in [-0.3, -0.25) is 14.2 Å². The van der Waals surface area contributed by atoms with Gasteiger partial charge in [-0.15, -0.1) is 0 Å². The molecule has 6 nitrogen and oxygen atoms in total. The Labute approximate surface area is 157 Å². The second kappa shape index (κ2) is 7.83. The molecule has 0 aliphatic rings. The summed E-state index contributed by atoms with van der Waals surface area (Å²) in [4.78, 5) is 12.1. The maximum atomic E-state index is 13.2. The third-order valence-electron chi connectivity index (χ3n) is 3.81. The van der Waals surface area contributed by atoms with Gasteiger partial charge in [-0.05, 0) is 24.6 Å². The van der Waals surface area contributed by atoms with Crippen molar-refractivity contribution in [3.63, 3.8) is 0 Å². The van der Waals surface area contributed by atoms with Crippen molar-refractivity contribution in [1.82, 2.24) is 19.6 Å². The maximum absolute atomic E-state index is 13.2. The molecule has 3 aromatic rings. The Kier molecular flexibility index (Phi) is 5.50. The first-order valence-electron chi connectivity index (χ1n) is 7.91. The minimum atomic E-state index is -2.82. The van der Waals surface area contributed by atoms with Gasteiger partial charge in [0.1, 0.15) is 18.1 Å². The lowest BCUT2D eigenvalue weighted by Gasteiger charge is -2.05. The van der Waals surface area contributed by atoms with Gasteiger partial charge in [-0.2, -0.15) is 10.2 Å².